The van der Waals surface area contributed by atoms with Gasteiger partial charge in [-0.05, 0) is 43.9 Å². The lowest BCUT2D eigenvalue weighted by Gasteiger charge is -2.45. The minimum absolute atomic E-state index is 0.235. The van der Waals surface area contributed by atoms with Crippen molar-refractivity contribution in [3.8, 4) is 0 Å². The minimum Gasteiger partial charge on any atom is -0.375 e. The molecule has 2 N–H and O–H groups in total. The molecule has 3 aliphatic rings. The first kappa shape index (κ1) is 12.9. The lowest BCUT2D eigenvalue weighted by atomic mass is 9.71. The highest BCUT2D eigenvalue weighted by atomic mass is 16.5. The van der Waals surface area contributed by atoms with E-state index in [1.165, 1.54) is 70.6 Å². The molecule has 1 heterocycles. The fraction of sp³-hybridized carbons (Fsp3) is 1.00. The molecule has 1 spiro atoms. The van der Waals surface area contributed by atoms with Gasteiger partial charge in [-0.2, -0.15) is 0 Å². The molecule has 3 fully saturated rings. The summed E-state index contributed by atoms with van der Waals surface area (Å²) in [5.74, 6) is 1.68. The van der Waals surface area contributed by atoms with Gasteiger partial charge in [0, 0.05) is 12.6 Å². The zero-order valence-corrected chi connectivity index (χ0v) is 11.7. The summed E-state index contributed by atoms with van der Waals surface area (Å²) in [5.41, 5.74) is 6.73. The zero-order valence-electron chi connectivity index (χ0n) is 11.7. The van der Waals surface area contributed by atoms with Crippen molar-refractivity contribution in [3.63, 3.8) is 0 Å². The monoisotopic (exact) mass is 251 g/mol. The molecule has 1 aliphatic heterocycles. The molecule has 2 unspecified atom stereocenters. The van der Waals surface area contributed by atoms with E-state index in [0.29, 0.717) is 6.04 Å². The van der Waals surface area contributed by atoms with Crippen LogP contribution in [-0.4, -0.2) is 18.2 Å². The lowest BCUT2D eigenvalue weighted by molar-refractivity contribution is -0.121. The topological polar surface area (TPSA) is 35.2 Å². The molecule has 2 saturated carbocycles. The maximum Gasteiger partial charge on any atom is 0.0685 e. The van der Waals surface area contributed by atoms with Crippen LogP contribution in [0.15, 0.2) is 0 Å². The second-order valence-electron chi connectivity index (χ2n) is 7.04. The van der Waals surface area contributed by atoms with E-state index in [9.17, 15) is 0 Å². The average molecular weight is 251 g/mol. The van der Waals surface area contributed by atoms with Gasteiger partial charge in [-0.15, -0.1) is 0 Å². The molecule has 1 saturated heterocycles. The Labute approximate surface area is 112 Å². The number of ether oxygens (including phenoxy) is 1. The molecular weight excluding hydrogens is 222 g/mol. The highest BCUT2D eigenvalue weighted by molar-refractivity contribution is 4.93. The van der Waals surface area contributed by atoms with Crippen molar-refractivity contribution in [1.29, 1.82) is 0 Å². The van der Waals surface area contributed by atoms with Crippen LogP contribution in [0.4, 0.5) is 0 Å². The smallest absolute Gasteiger partial charge is 0.0685 e. The number of hydrogen-bond acceptors (Lipinski definition) is 2. The van der Waals surface area contributed by atoms with E-state index in [0.717, 1.165) is 18.4 Å². The maximum atomic E-state index is 6.49. The molecule has 0 aromatic rings. The summed E-state index contributed by atoms with van der Waals surface area (Å²) < 4.78 is 6.18. The molecule has 0 aromatic heterocycles. The Kier molecular flexibility index (Phi) is 3.95. The summed E-state index contributed by atoms with van der Waals surface area (Å²) in [4.78, 5) is 0. The van der Waals surface area contributed by atoms with Gasteiger partial charge in [0.15, 0.2) is 0 Å². The molecule has 0 amide bonds. The first-order valence-electron chi connectivity index (χ1n) is 8.17. The van der Waals surface area contributed by atoms with Gasteiger partial charge in [-0.3, -0.25) is 0 Å². The van der Waals surface area contributed by atoms with Crippen molar-refractivity contribution in [1.82, 2.24) is 0 Å². The summed E-state index contributed by atoms with van der Waals surface area (Å²) in [7, 11) is 0. The van der Waals surface area contributed by atoms with Gasteiger partial charge in [-0.25, -0.2) is 0 Å². The second kappa shape index (κ2) is 5.50. The fourth-order valence-corrected chi connectivity index (χ4v) is 4.28. The van der Waals surface area contributed by atoms with Crippen LogP contribution >= 0.6 is 0 Å². The van der Waals surface area contributed by atoms with E-state index in [4.69, 9.17) is 10.5 Å². The molecule has 0 radical (unpaired) electrons. The van der Waals surface area contributed by atoms with Gasteiger partial charge in [0.05, 0.1) is 5.60 Å². The SMILES string of the molecule is NC(CC1CCC1)C1CCOC2(CCCCC2)C1. The Balaban J connectivity index is 1.55. The van der Waals surface area contributed by atoms with Crippen LogP contribution in [0.2, 0.25) is 0 Å². The van der Waals surface area contributed by atoms with Crippen LogP contribution in [0.25, 0.3) is 0 Å². The second-order valence-corrected chi connectivity index (χ2v) is 7.04. The predicted molar refractivity (Wildman–Crippen MR) is 74.4 cm³/mol. The fourth-order valence-electron chi connectivity index (χ4n) is 4.28. The van der Waals surface area contributed by atoms with Crippen LogP contribution in [-0.2, 0) is 4.74 Å². The Hall–Kier alpha value is -0.0800. The predicted octanol–water partition coefficient (Wildman–Crippen LogP) is 3.63. The molecule has 2 nitrogen and oxygen atoms in total. The van der Waals surface area contributed by atoms with E-state index >= 15 is 0 Å². The quantitative estimate of drug-likeness (QED) is 0.831. The summed E-state index contributed by atoms with van der Waals surface area (Å²) in [6.45, 7) is 0.961. The van der Waals surface area contributed by atoms with E-state index in [1.54, 1.807) is 0 Å². The van der Waals surface area contributed by atoms with Crippen molar-refractivity contribution in [2.75, 3.05) is 6.61 Å². The van der Waals surface area contributed by atoms with Crippen molar-refractivity contribution in [2.45, 2.75) is 82.3 Å². The van der Waals surface area contributed by atoms with Crippen LogP contribution in [0.3, 0.4) is 0 Å². The zero-order chi connectivity index (χ0) is 12.4. The summed E-state index contributed by atoms with van der Waals surface area (Å²) in [6.07, 6.45) is 14.8. The van der Waals surface area contributed by atoms with Gasteiger partial charge < -0.3 is 10.5 Å². The Morgan fingerprint density at radius 1 is 1.06 bits per heavy atom. The molecule has 18 heavy (non-hydrogen) atoms. The molecule has 0 aromatic carbocycles. The van der Waals surface area contributed by atoms with Crippen molar-refractivity contribution in [2.24, 2.45) is 17.6 Å². The van der Waals surface area contributed by atoms with Crippen LogP contribution in [0.5, 0.6) is 0 Å². The van der Waals surface area contributed by atoms with Crippen molar-refractivity contribution in [3.05, 3.63) is 0 Å². The molecule has 3 rings (SSSR count). The van der Waals surface area contributed by atoms with Crippen LogP contribution in [0, 0.1) is 11.8 Å². The number of nitrogens with two attached hydrogens (primary N) is 1. The van der Waals surface area contributed by atoms with Crippen LogP contribution < -0.4 is 5.73 Å². The van der Waals surface area contributed by atoms with Crippen molar-refractivity contribution < 1.29 is 4.74 Å². The Bertz CT molecular complexity index is 263. The Morgan fingerprint density at radius 2 is 1.83 bits per heavy atom. The van der Waals surface area contributed by atoms with E-state index in [2.05, 4.69) is 0 Å². The molecule has 2 aliphatic carbocycles. The number of rotatable bonds is 3. The molecule has 2 atom stereocenters. The first-order chi connectivity index (χ1) is 8.77. The van der Waals surface area contributed by atoms with Crippen LogP contribution in [0.1, 0.15) is 70.6 Å². The van der Waals surface area contributed by atoms with Gasteiger partial charge in [-0.1, -0.05) is 38.5 Å². The van der Waals surface area contributed by atoms with E-state index in [-0.39, 0.29) is 5.60 Å². The Morgan fingerprint density at radius 3 is 2.50 bits per heavy atom. The molecular formula is C16H29NO. The third kappa shape index (κ3) is 2.75. The summed E-state index contributed by atoms with van der Waals surface area (Å²) >= 11 is 0. The third-order valence-corrected chi connectivity index (χ3v) is 5.73. The molecule has 0 bridgehead atoms. The standard InChI is InChI=1S/C16H29NO/c17-15(11-13-5-4-6-13)14-7-10-18-16(12-14)8-2-1-3-9-16/h13-15H,1-12,17H2. The largest absolute Gasteiger partial charge is 0.375 e. The van der Waals surface area contributed by atoms with E-state index in [1.807, 2.05) is 0 Å². The minimum atomic E-state index is 0.235. The van der Waals surface area contributed by atoms with Crippen molar-refractivity contribution >= 4 is 0 Å². The maximum absolute atomic E-state index is 6.49. The first-order valence-corrected chi connectivity index (χ1v) is 8.17. The molecule has 2 heteroatoms. The molecule has 104 valence electrons. The normalized spacial score (nSPS) is 34.2. The van der Waals surface area contributed by atoms with Gasteiger partial charge >= 0.3 is 0 Å². The van der Waals surface area contributed by atoms with Gasteiger partial charge in [0.1, 0.15) is 0 Å². The summed E-state index contributed by atoms with van der Waals surface area (Å²) in [6, 6.07) is 0.443. The van der Waals surface area contributed by atoms with Gasteiger partial charge in [0.2, 0.25) is 0 Å². The third-order valence-electron chi connectivity index (χ3n) is 5.73. The van der Waals surface area contributed by atoms with E-state index < -0.39 is 0 Å². The number of hydrogen-bond donors (Lipinski definition) is 1. The highest BCUT2D eigenvalue weighted by Gasteiger charge is 2.40. The lowest BCUT2D eigenvalue weighted by Crippen LogP contribution is -2.47. The van der Waals surface area contributed by atoms with Gasteiger partial charge in [0.25, 0.3) is 0 Å². The summed E-state index contributed by atoms with van der Waals surface area (Å²) in [5, 5.41) is 0. The highest BCUT2D eigenvalue weighted by Crippen LogP contribution is 2.42. The average Bonchev–Trinajstić information content (AvgIpc) is 2.34.